The zero-order valence-electron chi connectivity index (χ0n) is 22.8. The summed E-state index contributed by atoms with van der Waals surface area (Å²) in [6, 6.07) is 14.6. The number of nitrogens with one attached hydrogen (secondary N) is 1. The van der Waals surface area contributed by atoms with Crippen LogP contribution in [-0.4, -0.2) is 70.8 Å². The summed E-state index contributed by atoms with van der Waals surface area (Å²) in [7, 11) is 0. The minimum absolute atomic E-state index is 0.0905. The second kappa shape index (κ2) is 12.3. The number of rotatable bonds is 3. The van der Waals surface area contributed by atoms with Gasteiger partial charge in [-0.05, 0) is 48.7 Å². The molecule has 0 saturated carbocycles. The van der Waals surface area contributed by atoms with Crippen molar-refractivity contribution in [2.45, 2.75) is 51.9 Å². The number of carbonyl (C=O) groups is 3. The molecule has 5 rings (SSSR count). The molecule has 210 valence electrons. The van der Waals surface area contributed by atoms with Crippen LogP contribution in [0.3, 0.4) is 0 Å². The number of ether oxygens (including phenoxy) is 2. The third-order valence-electron chi connectivity index (χ3n) is 7.27. The Hall–Kier alpha value is -4.18. The SMILES string of the molecule is CCc1ocnc1C(=O)N1CC[C@@H]2OCc3cccc(c3)Oc3cccc(c3)CC(=O)N(CC)CC(=O)N[C@H]2C1. The Balaban J connectivity index is 1.40. The Labute approximate surface area is 233 Å². The van der Waals surface area contributed by atoms with Gasteiger partial charge in [-0.15, -0.1) is 0 Å². The van der Waals surface area contributed by atoms with E-state index in [1.165, 1.54) is 11.3 Å². The number of likely N-dealkylation sites (N-methyl/N-ethyl adjacent to an activating group) is 1. The quantitative estimate of drug-likeness (QED) is 0.536. The number of nitrogens with zero attached hydrogens (tertiary/aromatic N) is 3. The van der Waals surface area contributed by atoms with Gasteiger partial charge >= 0.3 is 0 Å². The number of benzene rings is 2. The van der Waals surface area contributed by atoms with E-state index in [-0.39, 0.29) is 43.3 Å². The number of likely N-dealkylation sites (tertiary alicyclic amines) is 1. The Morgan fingerprint density at radius 1 is 1.07 bits per heavy atom. The van der Waals surface area contributed by atoms with E-state index in [9.17, 15) is 14.4 Å². The molecule has 1 aromatic heterocycles. The van der Waals surface area contributed by atoms with Crippen LogP contribution in [0.1, 0.15) is 47.6 Å². The lowest BCUT2D eigenvalue weighted by Gasteiger charge is -2.38. The topological polar surface area (TPSA) is 114 Å². The smallest absolute Gasteiger partial charge is 0.276 e. The number of hydrogen-bond donors (Lipinski definition) is 1. The van der Waals surface area contributed by atoms with E-state index in [0.29, 0.717) is 55.5 Å². The second-order valence-electron chi connectivity index (χ2n) is 10.0. The first-order chi connectivity index (χ1) is 19.4. The summed E-state index contributed by atoms with van der Waals surface area (Å²) in [5.74, 6) is 1.12. The van der Waals surface area contributed by atoms with Crippen molar-refractivity contribution in [3.63, 3.8) is 0 Å². The fourth-order valence-corrected chi connectivity index (χ4v) is 5.14. The predicted molar refractivity (Wildman–Crippen MR) is 146 cm³/mol. The third-order valence-corrected chi connectivity index (χ3v) is 7.27. The minimum atomic E-state index is -0.471. The summed E-state index contributed by atoms with van der Waals surface area (Å²) in [4.78, 5) is 46.9. The average molecular weight is 547 g/mol. The van der Waals surface area contributed by atoms with Gasteiger partial charge in [-0.25, -0.2) is 4.98 Å². The summed E-state index contributed by atoms with van der Waals surface area (Å²) < 4.78 is 17.8. The third kappa shape index (κ3) is 6.34. The monoisotopic (exact) mass is 546 g/mol. The highest BCUT2D eigenvalue weighted by atomic mass is 16.5. The molecule has 40 heavy (non-hydrogen) atoms. The summed E-state index contributed by atoms with van der Waals surface area (Å²) in [6.45, 7) is 5.05. The molecule has 0 aliphatic carbocycles. The van der Waals surface area contributed by atoms with Gasteiger partial charge in [0.05, 0.1) is 31.7 Å². The lowest BCUT2D eigenvalue weighted by atomic mass is 10.0. The van der Waals surface area contributed by atoms with Crippen LogP contribution in [0.15, 0.2) is 59.3 Å². The fraction of sp³-hybridized carbons (Fsp3) is 0.400. The number of piperidine rings is 1. The molecular formula is C30H34N4O6. The van der Waals surface area contributed by atoms with Crippen LogP contribution in [0.25, 0.3) is 0 Å². The van der Waals surface area contributed by atoms with Gasteiger partial charge in [-0.2, -0.15) is 0 Å². The first kappa shape index (κ1) is 27.4. The van der Waals surface area contributed by atoms with E-state index < -0.39 is 6.04 Å². The van der Waals surface area contributed by atoms with Crippen molar-refractivity contribution in [1.29, 1.82) is 0 Å². The number of aryl methyl sites for hydroxylation is 1. The van der Waals surface area contributed by atoms with Crippen molar-refractivity contribution in [1.82, 2.24) is 20.1 Å². The summed E-state index contributed by atoms with van der Waals surface area (Å²) in [5, 5.41) is 3.05. The Morgan fingerprint density at radius 2 is 1.82 bits per heavy atom. The van der Waals surface area contributed by atoms with Gasteiger partial charge in [0, 0.05) is 26.1 Å². The number of oxazole rings is 1. The first-order valence-electron chi connectivity index (χ1n) is 13.7. The molecule has 0 spiro atoms. The Bertz CT molecular complexity index is 1370. The van der Waals surface area contributed by atoms with E-state index in [0.717, 1.165) is 11.1 Å². The van der Waals surface area contributed by atoms with Gasteiger partial charge in [0.15, 0.2) is 12.1 Å². The molecule has 1 fully saturated rings. The van der Waals surface area contributed by atoms with Crippen molar-refractivity contribution >= 4 is 17.7 Å². The van der Waals surface area contributed by atoms with E-state index in [1.54, 1.807) is 4.90 Å². The molecule has 2 aliphatic heterocycles. The number of hydrogen-bond acceptors (Lipinski definition) is 7. The minimum Gasteiger partial charge on any atom is -0.457 e. The molecule has 1 saturated heterocycles. The molecule has 2 atom stereocenters. The average Bonchev–Trinajstić information content (AvgIpc) is 3.44. The van der Waals surface area contributed by atoms with Crippen LogP contribution in [0.2, 0.25) is 0 Å². The summed E-state index contributed by atoms with van der Waals surface area (Å²) in [6.07, 6.45) is 2.16. The molecule has 10 heteroatoms. The molecule has 0 radical (unpaired) electrons. The maximum Gasteiger partial charge on any atom is 0.276 e. The van der Waals surface area contributed by atoms with Gasteiger partial charge in [0.1, 0.15) is 17.3 Å². The number of fused-ring (bicyclic) bond motifs is 5. The largest absolute Gasteiger partial charge is 0.457 e. The molecule has 0 unspecified atom stereocenters. The highest BCUT2D eigenvalue weighted by Gasteiger charge is 2.35. The molecule has 10 nitrogen and oxygen atoms in total. The van der Waals surface area contributed by atoms with Gasteiger partial charge in [0.2, 0.25) is 11.8 Å². The lowest BCUT2D eigenvalue weighted by molar-refractivity contribution is -0.136. The molecule has 3 amide bonds. The Morgan fingerprint density at radius 3 is 2.58 bits per heavy atom. The highest BCUT2D eigenvalue weighted by molar-refractivity contribution is 5.93. The van der Waals surface area contributed by atoms with Gasteiger partial charge in [0.25, 0.3) is 5.91 Å². The van der Waals surface area contributed by atoms with Crippen molar-refractivity contribution in [3.8, 4) is 11.5 Å². The predicted octanol–water partition coefficient (Wildman–Crippen LogP) is 3.35. The van der Waals surface area contributed by atoms with E-state index in [1.807, 2.05) is 62.4 Å². The maximum absolute atomic E-state index is 13.3. The lowest BCUT2D eigenvalue weighted by Crippen LogP contribution is -2.58. The fourth-order valence-electron chi connectivity index (χ4n) is 5.14. The van der Waals surface area contributed by atoms with Crippen LogP contribution < -0.4 is 10.1 Å². The van der Waals surface area contributed by atoms with Crippen LogP contribution in [0, 0.1) is 0 Å². The summed E-state index contributed by atoms with van der Waals surface area (Å²) >= 11 is 0. The van der Waals surface area contributed by atoms with Crippen molar-refractivity contribution in [2.75, 3.05) is 26.2 Å². The highest BCUT2D eigenvalue weighted by Crippen LogP contribution is 2.25. The molecule has 3 heterocycles. The van der Waals surface area contributed by atoms with Crippen LogP contribution in [0.5, 0.6) is 11.5 Å². The van der Waals surface area contributed by atoms with Crippen LogP contribution in [0.4, 0.5) is 0 Å². The van der Waals surface area contributed by atoms with Crippen LogP contribution >= 0.6 is 0 Å². The number of carbonyl (C=O) groups excluding carboxylic acids is 3. The normalized spacial score (nSPS) is 20.2. The van der Waals surface area contributed by atoms with Crippen molar-refractivity contribution in [2.24, 2.45) is 0 Å². The van der Waals surface area contributed by atoms with Gasteiger partial charge in [-0.3, -0.25) is 14.4 Å². The first-order valence-corrected chi connectivity index (χ1v) is 13.7. The second-order valence-corrected chi connectivity index (χ2v) is 10.0. The van der Waals surface area contributed by atoms with Gasteiger partial charge in [-0.1, -0.05) is 31.2 Å². The molecule has 3 aromatic rings. The van der Waals surface area contributed by atoms with Crippen LogP contribution in [-0.2, 0) is 33.8 Å². The van der Waals surface area contributed by atoms with Gasteiger partial charge < -0.3 is 29.0 Å². The zero-order valence-corrected chi connectivity index (χ0v) is 22.8. The molecule has 1 N–H and O–H groups in total. The molecular weight excluding hydrogens is 512 g/mol. The standard InChI is InChI=1S/C30H34N4O6/c1-3-25-29(31-19-39-25)30(37)34-12-11-26-24(16-34)32-27(35)17-33(4-2)28(36)15-20-7-5-9-22(13-20)40-23-10-6-8-21(14-23)18-38-26/h5-10,13-14,19,24,26H,3-4,11-12,15-18H2,1-2H3,(H,32,35)/t24-,26-/m0/s1. The zero-order chi connectivity index (χ0) is 28.1. The molecule has 4 bridgehead atoms. The molecule has 2 aliphatic rings. The van der Waals surface area contributed by atoms with Crippen molar-refractivity contribution < 1.29 is 28.3 Å². The van der Waals surface area contributed by atoms with E-state index >= 15 is 0 Å². The number of aromatic nitrogens is 1. The maximum atomic E-state index is 13.3. The van der Waals surface area contributed by atoms with E-state index in [4.69, 9.17) is 13.9 Å². The van der Waals surface area contributed by atoms with E-state index in [2.05, 4.69) is 10.3 Å². The molecule has 2 aromatic carbocycles. The Kier molecular flexibility index (Phi) is 8.45. The summed E-state index contributed by atoms with van der Waals surface area (Å²) in [5.41, 5.74) is 2.01. The van der Waals surface area contributed by atoms with Crippen molar-refractivity contribution in [3.05, 3.63) is 77.5 Å². The number of amides is 3.